The van der Waals surface area contributed by atoms with E-state index in [1.54, 1.807) is 0 Å². The van der Waals surface area contributed by atoms with Crippen molar-refractivity contribution >= 4 is 0 Å². The van der Waals surface area contributed by atoms with Crippen LogP contribution < -0.4 is 5.32 Å². The van der Waals surface area contributed by atoms with Crippen molar-refractivity contribution in [2.45, 2.75) is 39.7 Å². The molecule has 16 heavy (non-hydrogen) atoms. The molecule has 1 unspecified atom stereocenters. The van der Waals surface area contributed by atoms with Gasteiger partial charge in [0.15, 0.2) is 0 Å². The van der Waals surface area contributed by atoms with E-state index >= 15 is 0 Å². The van der Waals surface area contributed by atoms with Gasteiger partial charge < -0.3 is 5.32 Å². The summed E-state index contributed by atoms with van der Waals surface area (Å²) in [5.41, 5.74) is 3.49. The summed E-state index contributed by atoms with van der Waals surface area (Å²) >= 11 is 0. The zero-order valence-corrected chi connectivity index (χ0v) is 10.6. The molecule has 1 atom stereocenters. The van der Waals surface area contributed by atoms with E-state index in [0.29, 0.717) is 6.04 Å². The van der Waals surface area contributed by atoms with Gasteiger partial charge in [0, 0.05) is 17.4 Å². The van der Waals surface area contributed by atoms with Crippen LogP contribution in [-0.2, 0) is 0 Å². The predicted octanol–water partition coefficient (Wildman–Crippen LogP) is 3.32. The Morgan fingerprint density at radius 3 is 2.50 bits per heavy atom. The monoisotopic (exact) mass is 218 g/mol. The quantitative estimate of drug-likeness (QED) is 0.741. The molecule has 1 heterocycles. The summed E-state index contributed by atoms with van der Waals surface area (Å²) in [6, 6.07) is 4.69. The number of aromatic nitrogens is 1. The van der Waals surface area contributed by atoms with E-state index in [1.165, 1.54) is 5.56 Å². The fraction of sp³-hybridized carbons (Fsp3) is 0.500. The van der Waals surface area contributed by atoms with Crippen LogP contribution in [0.4, 0.5) is 0 Å². The molecule has 0 saturated carbocycles. The lowest BCUT2D eigenvalue weighted by atomic mass is 10.0. The Balaban J connectivity index is 2.86. The van der Waals surface area contributed by atoms with E-state index in [1.807, 2.05) is 19.9 Å². The zero-order valence-electron chi connectivity index (χ0n) is 10.6. The molecule has 2 nitrogen and oxygen atoms in total. The maximum Gasteiger partial charge on any atom is 0.0379 e. The van der Waals surface area contributed by atoms with Gasteiger partial charge in [-0.15, -0.1) is 6.58 Å². The first-order chi connectivity index (χ1) is 7.67. The highest BCUT2D eigenvalue weighted by molar-refractivity contribution is 5.24. The van der Waals surface area contributed by atoms with E-state index in [0.717, 1.165) is 30.8 Å². The van der Waals surface area contributed by atoms with Gasteiger partial charge in [-0.2, -0.15) is 0 Å². The molecule has 1 N–H and O–H groups in total. The molecule has 88 valence electrons. The van der Waals surface area contributed by atoms with E-state index in [4.69, 9.17) is 0 Å². The molecule has 0 spiro atoms. The maximum absolute atomic E-state index is 4.40. The lowest BCUT2D eigenvalue weighted by molar-refractivity contribution is 0.536. The first-order valence-electron chi connectivity index (χ1n) is 5.96. The second-order valence-electron chi connectivity index (χ2n) is 4.21. The van der Waals surface area contributed by atoms with E-state index < -0.39 is 0 Å². The van der Waals surface area contributed by atoms with Gasteiger partial charge in [-0.3, -0.25) is 4.98 Å². The average Bonchev–Trinajstić information content (AvgIpc) is 2.22. The van der Waals surface area contributed by atoms with Crippen molar-refractivity contribution in [2.24, 2.45) is 0 Å². The van der Waals surface area contributed by atoms with Gasteiger partial charge in [0.2, 0.25) is 0 Å². The topological polar surface area (TPSA) is 24.9 Å². The molecule has 0 aromatic carbocycles. The Morgan fingerprint density at radius 1 is 1.38 bits per heavy atom. The first kappa shape index (κ1) is 12.9. The smallest absolute Gasteiger partial charge is 0.0379 e. The van der Waals surface area contributed by atoms with Gasteiger partial charge >= 0.3 is 0 Å². The van der Waals surface area contributed by atoms with Crippen LogP contribution in [0.15, 0.2) is 24.8 Å². The van der Waals surface area contributed by atoms with Crippen LogP contribution in [0.1, 0.15) is 42.8 Å². The van der Waals surface area contributed by atoms with Crippen molar-refractivity contribution in [3.8, 4) is 0 Å². The highest BCUT2D eigenvalue weighted by Gasteiger charge is 2.09. The predicted molar refractivity (Wildman–Crippen MR) is 69.6 cm³/mol. The first-order valence-corrected chi connectivity index (χ1v) is 5.96. The van der Waals surface area contributed by atoms with Crippen LogP contribution in [-0.4, -0.2) is 11.5 Å². The van der Waals surface area contributed by atoms with Crippen molar-refractivity contribution in [1.82, 2.24) is 10.3 Å². The number of nitrogens with one attached hydrogen (secondary N) is 1. The van der Waals surface area contributed by atoms with Gasteiger partial charge in [-0.1, -0.05) is 13.0 Å². The van der Waals surface area contributed by atoms with Crippen molar-refractivity contribution in [2.75, 3.05) is 6.54 Å². The number of rotatable bonds is 6. The molecule has 1 aromatic heterocycles. The van der Waals surface area contributed by atoms with Crippen LogP contribution >= 0.6 is 0 Å². The Hall–Kier alpha value is -1.15. The van der Waals surface area contributed by atoms with E-state index in [2.05, 4.69) is 35.9 Å². The summed E-state index contributed by atoms with van der Waals surface area (Å²) < 4.78 is 0. The summed E-state index contributed by atoms with van der Waals surface area (Å²) in [4.78, 5) is 4.40. The Bertz CT molecular complexity index is 324. The summed E-state index contributed by atoms with van der Waals surface area (Å²) in [5, 5.41) is 3.54. The number of hydrogen-bond donors (Lipinski definition) is 1. The summed E-state index contributed by atoms with van der Waals surface area (Å²) in [6.45, 7) is 11.1. The largest absolute Gasteiger partial charge is 0.310 e. The summed E-state index contributed by atoms with van der Waals surface area (Å²) in [7, 11) is 0. The third-order valence-corrected chi connectivity index (χ3v) is 2.55. The van der Waals surface area contributed by atoms with Crippen molar-refractivity contribution in [3.63, 3.8) is 0 Å². The minimum Gasteiger partial charge on any atom is -0.310 e. The standard InChI is InChI=1S/C14H22N2/c1-5-7-14(15-8-6-2)13-9-11(3)16-12(4)10-13/h5,9-10,14-15H,1,6-8H2,2-4H3. The number of pyridine rings is 1. The number of hydrogen-bond acceptors (Lipinski definition) is 2. The minimum atomic E-state index is 0.373. The Kier molecular flexibility index (Phi) is 5.20. The van der Waals surface area contributed by atoms with Crippen LogP contribution in [0.2, 0.25) is 0 Å². The fourth-order valence-corrected chi connectivity index (χ4v) is 1.89. The van der Waals surface area contributed by atoms with E-state index in [-0.39, 0.29) is 0 Å². The molecule has 0 aliphatic heterocycles. The Labute approximate surface area is 98.8 Å². The fourth-order valence-electron chi connectivity index (χ4n) is 1.89. The molecule has 0 aliphatic rings. The second kappa shape index (κ2) is 6.44. The zero-order chi connectivity index (χ0) is 12.0. The highest BCUT2D eigenvalue weighted by atomic mass is 14.9. The number of aryl methyl sites for hydroxylation is 2. The molecule has 0 fully saturated rings. The van der Waals surface area contributed by atoms with Crippen LogP contribution in [0.3, 0.4) is 0 Å². The molecule has 1 rings (SSSR count). The summed E-state index contributed by atoms with van der Waals surface area (Å²) in [5.74, 6) is 0. The molecule has 0 saturated heterocycles. The lowest BCUT2D eigenvalue weighted by Gasteiger charge is -2.18. The van der Waals surface area contributed by atoms with Gasteiger partial charge in [-0.25, -0.2) is 0 Å². The van der Waals surface area contributed by atoms with E-state index in [9.17, 15) is 0 Å². The van der Waals surface area contributed by atoms with Crippen molar-refractivity contribution < 1.29 is 0 Å². The minimum absolute atomic E-state index is 0.373. The molecule has 1 aromatic rings. The SMILES string of the molecule is C=CCC(NCCC)c1cc(C)nc(C)c1. The molecule has 0 radical (unpaired) electrons. The van der Waals surface area contributed by atoms with Crippen LogP contribution in [0, 0.1) is 13.8 Å². The molecular weight excluding hydrogens is 196 g/mol. The average molecular weight is 218 g/mol. The van der Waals surface area contributed by atoms with Crippen molar-refractivity contribution in [1.29, 1.82) is 0 Å². The number of nitrogens with zero attached hydrogens (tertiary/aromatic N) is 1. The molecule has 2 heteroatoms. The van der Waals surface area contributed by atoms with Crippen molar-refractivity contribution in [3.05, 3.63) is 41.7 Å². The maximum atomic E-state index is 4.40. The summed E-state index contributed by atoms with van der Waals surface area (Å²) in [6.07, 6.45) is 4.08. The molecular formula is C14H22N2. The lowest BCUT2D eigenvalue weighted by Crippen LogP contribution is -2.22. The third kappa shape index (κ3) is 3.78. The van der Waals surface area contributed by atoms with Crippen LogP contribution in [0.5, 0.6) is 0 Å². The van der Waals surface area contributed by atoms with Gasteiger partial charge in [0.1, 0.15) is 0 Å². The molecule has 0 amide bonds. The van der Waals surface area contributed by atoms with Gasteiger partial charge in [0.05, 0.1) is 0 Å². The second-order valence-corrected chi connectivity index (χ2v) is 4.21. The van der Waals surface area contributed by atoms with Gasteiger partial charge in [-0.05, 0) is 50.9 Å². The van der Waals surface area contributed by atoms with Gasteiger partial charge in [0.25, 0.3) is 0 Å². The Morgan fingerprint density at radius 2 is 2.00 bits per heavy atom. The molecule has 0 aliphatic carbocycles. The van der Waals surface area contributed by atoms with Crippen LogP contribution in [0.25, 0.3) is 0 Å². The third-order valence-electron chi connectivity index (χ3n) is 2.55. The molecule has 0 bridgehead atoms. The normalized spacial score (nSPS) is 12.4. The highest BCUT2D eigenvalue weighted by Crippen LogP contribution is 2.18.